The van der Waals surface area contributed by atoms with E-state index in [0.717, 1.165) is 24.3 Å². The normalized spacial score (nSPS) is 21.0. The maximum absolute atomic E-state index is 6.00. The fourth-order valence-electron chi connectivity index (χ4n) is 1.76. The van der Waals surface area contributed by atoms with Crippen molar-refractivity contribution in [3.63, 3.8) is 0 Å². The number of benzene rings is 1. The summed E-state index contributed by atoms with van der Waals surface area (Å²) in [5, 5.41) is 1.04. The maximum atomic E-state index is 6.00. The summed E-state index contributed by atoms with van der Waals surface area (Å²) in [6.07, 6.45) is 5.41. The molecule has 0 fully saturated rings. The lowest BCUT2D eigenvalue weighted by Gasteiger charge is -2.01. The van der Waals surface area contributed by atoms with Crippen molar-refractivity contribution in [2.45, 2.75) is 24.6 Å². The second kappa shape index (κ2) is 4.37. The van der Waals surface area contributed by atoms with Crippen LogP contribution in [0.2, 0.25) is 5.02 Å². The molecule has 0 radical (unpaired) electrons. The van der Waals surface area contributed by atoms with Crippen LogP contribution in [0.3, 0.4) is 0 Å². The lowest BCUT2D eigenvalue weighted by molar-refractivity contribution is 0.892. The van der Waals surface area contributed by atoms with Gasteiger partial charge in [-0.05, 0) is 37.0 Å². The van der Waals surface area contributed by atoms with Crippen molar-refractivity contribution in [3.8, 4) is 0 Å². The zero-order valence-corrected chi connectivity index (χ0v) is 9.35. The van der Waals surface area contributed by atoms with Crippen LogP contribution >= 0.6 is 23.2 Å². The summed E-state index contributed by atoms with van der Waals surface area (Å²) in [4.78, 5) is 0. The standard InChI is InChI=1S/C12H12Cl2/c13-11-4-1-9(2-5-11)7-10-3-6-12(14)8-10/h1-2,4-5,8,12H,3,6-7H2. The lowest BCUT2D eigenvalue weighted by atomic mass is 10.1. The zero-order chi connectivity index (χ0) is 9.97. The highest BCUT2D eigenvalue weighted by Gasteiger charge is 2.12. The number of alkyl halides is 1. The van der Waals surface area contributed by atoms with E-state index in [1.165, 1.54) is 11.1 Å². The molecule has 1 aliphatic carbocycles. The first-order valence-electron chi connectivity index (χ1n) is 4.82. The highest BCUT2D eigenvalue weighted by Crippen LogP contribution is 2.25. The van der Waals surface area contributed by atoms with Gasteiger partial charge in [-0.15, -0.1) is 11.6 Å². The molecule has 2 heteroatoms. The SMILES string of the molecule is Clc1ccc(CC2=CC(Cl)CC2)cc1. The Morgan fingerprint density at radius 3 is 2.50 bits per heavy atom. The van der Waals surface area contributed by atoms with Crippen LogP contribution in [0.25, 0.3) is 0 Å². The molecule has 1 aromatic carbocycles. The third-order valence-corrected chi connectivity index (χ3v) is 3.10. The Kier molecular flexibility index (Phi) is 3.15. The molecule has 0 bridgehead atoms. The van der Waals surface area contributed by atoms with Crippen LogP contribution in [-0.4, -0.2) is 5.38 Å². The monoisotopic (exact) mass is 226 g/mol. The topological polar surface area (TPSA) is 0 Å². The average molecular weight is 227 g/mol. The number of hydrogen-bond acceptors (Lipinski definition) is 0. The van der Waals surface area contributed by atoms with Gasteiger partial charge < -0.3 is 0 Å². The van der Waals surface area contributed by atoms with Gasteiger partial charge in [0, 0.05) is 5.02 Å². The Morgan fingerprint density at radius 1 is 1.21 bits per heavy atom. The molecule has 2 rings (SSSR count). The fourth-order valence-corrected chi connectivity index (χ4v) is 2.17. The molecule has 0 N–H and O–H groups in total. The first kappa shape index (κ1) is 10.1. The van der Waals surface area contributed by atoms with E-state index in [0.29, 0.717) is 0 Å². The molecule has 1 atom stereocenters. The smallest absolute Gasteiger partial charge is 0.0521 e. The Hall–Kier alpha value is -0.460. The van der Waals surface area contributed by atoms with Crippen LogP contribution in [0.1, 0.15) is 18.4 Å². The number of rotatable bonds is 2. The Balaban J connectivity index is 2.04. The summed E-state index contributed by atoms with van der Waals surface area (Å²) < 4.78 is 0. The predicted molar refractivity (Wildman–Crippen MR) is 62.1 cm³/mol. The molecule has 1 aromatic rings. The minimum atomic E-state index is 0.248. The molecule has 0 aromatic heterocycles. The van der Waals surface area contributed by atoms with Crippen LogP contribution in [0.4, 0.5) is 0 Å². The first-order chi connectivity index (χ1) is 6.74. The van der Waals surface area contributed by atoms with E-state index in [1.54, 1.807) is 0 Å². The molecule has 14 heavy (non-hydrogen) atoms. The first-order valence-corrected chi connectivity index (χ1v) is 5.63. The average Bonchev–Trinajstić information content (AvgIpc) is 2.56. The van der Waals surface area contributed by atoms with Gasteiger partial charge in [0.2, 0.25) is 0 Å². The summed E-state index contributed by atoms with van der Waals surface area (Å²) in [7, 11) is 0. The highest BCUT2D eigenvalue weighted by atomic mass is 35.5. The number of hydrogen-bond donors (Lipinski definition) is 0. The van der Waals surface area contributed by atoms with Gasteiger partial charge in [0.25, 0.3) is 0 Å². The van der Waals surface area contributed by atoms with Crippen molar-refractivity contribution in [2.24, 2.45) is 0 Å². The molecule has 0 saturated carbocycles. The highest BCUT2D eigenvalue weighted by molar-refractivity contribution is 6.30. The van der Waals surface area contributed by atoms with Gasteiger partial charge in [0.15, 0.2) is 0 Å². The third-order valence-electron chi connectivity index (χ3n) is 2.50. The summed E-state index contributed by atoms with van der Waals surface area (Å²) in [5.74, 6) is 0. The van der Waals surface area contributed by atoms with Crippen LogP contribution < -0.4 is 0 Å². The quantitative estimate of drug-likeness (QED) is 0.524. The molecular formula is C12H12Cl2. The summed E-state index contributed by atoms with van der Waals surface area (Å²) in [5.41, 5.74) is 2.76. The van der Waals surface area contributed by atoms with Gasteiger partial charge in [-0.3, -0.25) is 0 Å². The van der Waals surface area contributed by atoms with E-state index >= 15 is 0 Å². The second-order valence-electron chi connectivity index (χ2n) is 3.68. The molecule has 74 valence electrons. The van der Waals surface area contributed by atoms with Crippen LogP contribution in [0, 0.1) is 0 Å². The van der Waals surface area contributed by atoms with E-state index in [4.69, 9.17) is 23.2 Å². The van der Waals surface area contributed by atoms with Crippen molar-refractivity contribution in [1.29, 1.82) is 0 Å². The van der Waals surface area contributed by atoms with Gasteiger partial charge in [0.1, 0.15) is 0 Å². The minimum Gasteiger partial charge on any atom is -0.118 e. The van der Waals surface area contributed by atoms with E-state index in [-0.39, 0.29) is 5.38 Å². The molecular weight excluding hydrogens is 215 g/mol. The Bertz CT molecular complexity index is 338. The molecule has 0 nitrogen and oxygen atoms in total. The van der Waals surface area contributed by atoms with Crippen molar-refractivity contribution < 1.29 is 0 Å². The molecule has 0 heterocycles. The zero-order valence-electron chi connectivity index (χ0n) is 7.84. The molecule has 1 aliphatic rings. The van der Waals surface area contributed by atoms with Gasteiger partial charge in [0.05, 0.1) is 5.38 Å². The summed E-state index contributed by atoms with van der Waals surface area (Å²) >= 11 is 11.8. The van der Waals surface area contributed by atoms with Crippen molar-refractivity contribution in [2.75, 3.05) is 0 Å². The van der Waals surface area contributed by atoms with Crippen molar-refractivity contribution >= 4 is 23.2 Å². The third kappa shape index (κ3) is 2.52. The fraction of sp³-hybridized carbons (Fsp3) is 0.333. The van der Waals surface area contributed by atoms with Crippen LogP contribution in [0.5, 0.6) is 0 Å². The van der Waals surface area contributed by atoms with E-state index in [9.17, 15) is 0 Å². The summed E-state index contributed by atoms with van der Waals surface area (Å²) in [6.45, 7) is 0. The van der Waals surface area contributed by atoms with E-state index in [1.807, 2.05) is 12.1 Å². The second-order valence-corrected chi connectivity index (χ2v) is 4.68. The summed E-state index contributed by atoms with van der Waals surface area (Å²) in [6, 6.07) is 8.02. The molecule has 0 aliphatic heterocycles. The van der Waals surface area contributed by atoms with E-state index < -0.39 is 0 Å². The molecule has 0 amide bonds. The van der Waals surface area contributed by atoms with Crippen LogP contribution in [-0.2, 0) is 6.42 Å². The molecule has 1 unspecified atom stereocenters. The maximum Gasteiger partial charge on any atom is 0.0521 e. The largest absolute Gasteiger partial charge is 0.118 e. The Labute approximate surface area is 94.5 Å². The Morgan fingerprint density at radius 2 is 1.93 bits per heavy atom. The van der Waals surface area contributed by atoms with Crippen molar-refractivity contribution in [1.82, 2.24) is 0 Å². The minimum absolute atomic E-state index is 0.248. The van der Waals surface area contributed by atoms with Gasteiger partial charge >= 0.3 is 0 Å². The van der Waals surface area contributed by atoms with E-state index in [2.05, 4.69) is 18.2 Å². The van der Waals surface area contributed by atoms with Crippen molar-refractivity contribution in [3.05, 3.63) is 46.5 Å². The van der Waals surface area contributed by atoms with Crippen LogP contribution in [0.15, 0.2) is 35.9 Å². The predicted octanol–water partition coefficient (Wildman–Crippen LogP) is 4.21. The number of halogens is 2. The lowest BCUT2D eigenvalue weighted by Crippen LogP contribution is -1.86. The van der Waals surface area contributed by atoms with Gasteiger partial charge in [-0.2, -0.15) is 0 Å². The molecule has 0 saturated heterocycles. The number of allylic oxidation sites excluding steroid dienone is 2. The van der Waals surface area contributed by atoms with Gasteiger partial charge in [-0.25, -0.2) is 0 Å². The molecule has 0 spiro atoms. The van der Waals surface area contributed by atoms with Gasteiger partial charge in [-0.1, -0.05) is 35.4 Å².